The predicted octanol–water partition coefficient (Wildman–Crippen LogP) is 6.21. The Kier molecular flexibility index (Phi) is 3.66. The van der Waals surface area contributed by atoms with E-state index in [0.29, 0.717) is 4.77 Å². The summed E-state index contributed by atoms with van der Waals surface area (Å²) in [6.07, 6.45) is 0. The molecule has 0 aliphatic carbocycles. The first kappa shape index (κ1) is 16.0. The van der Waals surface area contributed by atoms with E-state index in [0.717, 1.165) is 22.5 Å². The number of H-pyrrole nitrogens is 1. The summed E-state index contributed by atoms with van der Waals surface area (Å²) in [5, 5.41) is 12.3. The van der Waals surface area contributed by atoms with Crippen LogP contribution in [0.4, 0.5) is 0 Å². The topological polar surface area (TPSA) is 33.6 Å². The minimum atomic E-state index is 0.592. The van der Waals surface area contributed by atoms with E-state index in [4.69, 9.17) is 12.2 Å². The molecule has 0 unspecified atom stereocenters. The van der Waals surface area contributed by atoms with Gasteiger partial charge < -0.3 is 0 Å². The number of aryl methyl sites for hydroxylation is 1. The van der Waals surface area contributed by atoms with Crippen molar-refractivity contribution in [2.24, 2.45) is 0 Å². The second kappa shape index (κ2) is 6.18. The van der Waals surface area contributed by atoms with Crippen LogP contribution in [-0.4, -0.2) is 14.8 Å². The first-order chi connectivity index (χ1) is 13.2. The highest BCUT2D eigenvalue weighted by Gasteiger charge is 2.14. The smallest absolute Gasteiger partial charge is 0.200 e. The molecule has 4 aromatic carbocycles. The van der Waals surface area contributed by atoms with E-state index in [-0.39, 0.29) is 0 Å². The Balaban J connectivity index is 1.85. The van der Waals surface area contributed by atoms with Crippen molar-refractivity contribution < 1.29 is 0 Å². The Bertz CT molecular complexity index is 1360. The summed E-state index contributed by atoms with van der Waals surface area (Å²) in [5.74, 6) is 0.832. The van der Waals surface area contributed by atoms with Crippen LogP contribution in [0.1, 0.15) is 5.56 Å². The number of rotatable bonds is 2. The molecule has 130 valence electrons. The lowest BCUT2D eigenvalue weighted by molar-refractivity contribution is 1.04. The van der Waals surface area contributed by atoms with Gasteiger partial charge in [0.05, 0.1) is 5.69 Å². The van der Waals surface area contributed by atoms with E-state index in [1.54, 1.807) is 0 Å². The second-order valence-electron chi connectivity index (χ2n) is 6.70. The summed E-state index contributed by atoms with van der Waals surface area (Å²) < 4.78 is 2.63. The van der Waals surface area contributed by atoms with Crippen molar-refractivity contribution in [2.75, 3.05) is 0 Å². The fourth-order valence-corrected chi connectivity index (χ4v) is 3.90. The molecule has 0 spiro atoms. The zero-order chi connectivity index (χ0) is 18.4. The van der Waals surface area contributed by atoms with Gasteiger partial charge in [-0.05, 0) is 59.1 Å². The van der Waals surface area contributed by atoms with E-state index in [1.807, 2.05) is 16.7 Å². The minimum absolute atomic E-state index is 0.592. The van der Waals surface area contributed by atoms with Gasteiger partial charge in [0.2, 0.25) is 0 Å². The number of hydrogen-bond donors (Lipinski definition) is 1. The highest BCUT2D eigenvalue weighted by Crippen LogP contribution is 2.31. The van der Waals surface area contributed by atoms with E-state index >= 15 is 0 Å². The Labute approximate surface area is 161 Å². The number of nitrogens with one attached hydrogen (secondary N) is 1. The normalized spacial score (nSPS) is 11.3. The summed E-state index contributed by atoms with van der Waals surface area (Å²) in [6.45, 7) is 2.09. The van der Waals surface area contributed by atoms with Crippen molar-refractivity contribution >= 4 is 33.8 Å². The van der Waals surface area contributed by atoms with Crippen molar-refractivity contribution in [3.63, 3.8) is 0 Å². The molecular formula is C23H17N3S. The molecule has 1 heterocycles. The molecule has 0 radical (unpaired) electrons. The number of aromatic nitrogens is 3. The molecule has 0 amide bonds. The molecule has 0 aliphatic heterocycles. The lowest BCUT2D eigenvalue weighted by atomic mass is 10.0. The Morgan fingerprint density at radius 1 is 0.815 bits per heavy atom. The van der Waals surface area contributed by atoms with Gasteiger partial charge in [-0.25, -0.2) is 0 Å². The first-order valence-electron chi connectivity index (χ1n) is 8.88. The molecule has 27 heavy (non-hydrogen) atoms. The SMILES string of the molecule is Cc1ccccc1-c1n[nH]c(=S)n1-c1cccc2cc3ccccc3cc12. The zero-order valence-electron chi connectivity index (χ0n) is 14.8. The largest absolute Gasteiger partial charge is 0.268 e. The van der Waals surface area contributed by atoms with Crippen molar-refractivity contribution in [1.82, 2.24) is 14.8 Å². The second-order valence-corrected chi connectivity index (χ2v) is 7.09. The van der Waals surface area contributed by atoms with Gasteiger partial charge in [-0.15, -0.1) is 0 Å². The average molecular weight is 367 g/mol. The fourth-order valence-electron chi connectivity index (χ4n) is 3.67. The first-order valence-corrected chi connectivity index (χ1v) is 9.28. The van der Waals surface area contributed by atoms with Crippen LogP contribution >= 0.6 is 12.2 Å². The zero-order valence-corrected chi connectivity index (χ0v) is 15.6. The van der Waals surface area contributed by atoms with E-state index in [2.05, 4.69) is 83.9 Å². The third-order valence-electron chi connectivity index (χ3n) is 5.02. The van der Waals surface area contributed by atoms with Gasteiger partial charge in [-0.2, -0.15) is 5.10 Å². The third kappa shape index (κ3) is 2.57. The van der Waals surface area contributed by atoms with Crippen LogP contribution in [0.25, 0.3) is 38.6 Å². The van der Waals surface area contributed by atoms with Gasteiger partial charge >= 0.3 is 0 Å². The van der Waals surface area contributed by atoms with Crippen molar-refractivity contribution in [3.8, 4) is 17.1 Å². The molecule has 0 saturated heterocycles. The van der Waals surface area contributed by atoms with E-state index < -0.39 is 0 Å². The number of hydrogen-bond acceptors (Lipinski definition) is 2. The third-order valence-corrected chi connectivity index (χ3v) is 5.30. The molecular weight excluding hydrogens is 350 g/mol. The Morgan fingerprint density at radius 3 is 2.33 bits per heavy atom. The van der Waals surface area contributed by atoms with Crippen LogP contribution in [0.2, 0.25) is 0 Å². The summed E-state index contributed by atoms with van der Waals surface area (Å²) in [7, 11) is 0. The Morgan fingerprint density at radius 2 is 1.52 bits per heavy atom. The maximum atomic E-state index is 5.60. The Hall–Kier alpha value is -3.24. The number of fused-ring (bicyclic) bond motifs is 2. The predicted molar refractivity (Wildman–Crippen MR) is 114 cm³/mol. The molecule has 5 rings (SSSR count). The highest BCUT2D eigenvalue weighted by molar-refractivity contribution is 7.71. The maximum Gasteiger partial charge on any atom is 0.200 e. The monoisotopic (exact) mass is 367 g/mol. The van der Waals surface area contributed by atoms with Crippen LogP contribution in [0.3, 0.4) is 0 Å². The molecule has 5 aromatic rings. The molecule has 3 nitrogen and oxygen atoms in total. The van der Waals surface area contributed by atoms with Crippen molar-refractivity contribution in [3.05, 3.63) is 89.2 Å². The van der Waals surface area contributed by atoms with Gasteiger partial charge in [0.1, 0.15) is 0 Å². The van der Waals surface area contributed by atoms with Gasteiger partial charge in [0, 0.05) is 10.9 Å². The van der Waals surface area contributed by atoms with E-state index in [9.17, 15) is 0 Å². The van der Waals surface area contributed by atoms with Crippen LogP contribution in [0.15, 0.2) is 78.9 Å². The van der Waals surface area contributed by atoms with Crippen LogP contribution in [-0.2, 0) is 0 Å². The molecule has 0 saturated carbocycles. The highest BCUT2D eigenvalue weighted by atomic mass is 32.1. The molecule has 0 aliphatic rings. The van der Waals surface area contributed by atoms with Crippen LogP contribution in [0, 0.1) is 11.7 Å². The van der Waals surface area contributed by atoms with Gasteiger partial charge in [-0.1, -0.05) is 60.7 Å². The maximum absolute atomic E-state index is 5.60. The molecule has 0 fully saturated rings. The van der Waals surface area contributed by atoms with E-state index in [1.165, 1.54) is 21.7 Å². The summed E-state index contributed by atoms with van der Waals surface area (Å²) >= 11 is 5.60. The van der Waals surface area contributed by atoms with Crippen LogP contribution < -0.4 is 0 Å². The fraction of sp³-hybridized carbons (Fsp3) is 0.0435. The molecule has 0 bridgehead atoms. The quantitative estimate of drug-likeness (QED) is 0.297. The minimum Gasteiger partial charge on any atom is -0.268 e. The molecule has 0 atom stereocenters. The number of benzene rings is 4. The summed E-state index contributed by atoms with van der Waals surface area (Å²) in [5.41, 5.74) is 3.27. The number of aromatic amines is 1. The van der Waals surface area contributed by atoms with Crippen LogP contribution in [0.5, 0.6) is 0 Å². The van der Waals surface area contributed by atoms with Gasteiger partial charge in [-0.3, -0.25) is 9.67 Å². The summed E-state index contributed by atoms with van der Waals surface area (Å²) in [4.78, 5) is 0. The number of nitrogens with zero attached hydrogens (tertiary/aromatic N) is 2. The van der Waals surface area contributed by atoms with Gasteiger partial charge in [0.15, 0.2) is 10.6 Å². The average Bonchev–Trinajstić information content (AvgIpc) is 3.07. The molecule has 1 aromatic heterocycles. The van der Waals surface area contributed by atoms with Crippen molar-refractivity contribution in [2.45, 2.75) is 6.92 Å². The lowest BCUT2D eigenvalue weighted by Gasteiger charge is -2.12. The van der Waals surface area contributed by atoms with Gasteiger partial charge in [0.25, 0.3) is 0 Å². The molecule has 4 heteroatoms. The standard InChI is InChI=1S/C23H17N3S/c1-15-7-2-5-11-19(15)22-24-25-23(27)26(22)21-12-6-10-18-13-16-8-3-4-9-17(16)14-20(18)21/h2-14H,1H3,(H,25,27). The van der Waals surface area contributed by atoms with Crippen molar-refractivity contribution in [1.29, 1.82) is 0 Å². The summed E-state index contributed by atoms with van der Waals surface area (Å²) in [6, 6.07) is 27.4. The lowest BCUT2D eigenvalue weighted by Crippen LogP contribution is -2.00. The molecule has 1 N–H and O–H groups in total.